The number of amides is 1. The maximum atomic E-state index is 12.0. The van der Waals surface area contributed by atoms with Crippen LogP contribution in [0.3, 0.4) is 0 Å². The number of aromatic nitrogens is 2. The molecule has 1 amide bonds. The minimum Gasteiger partial charge on any atom is -0.356 e. The van der Waals surface area contributed by atoms with Crippen molar-refractivity contribution in [2.24, 2.45) is 11.8 Å². The van der Waals surface area contributed by atoms with E-state index in [4.69, 9.17) is 0 Å². The van der Waals surface area contributed by atoms with Gasteiger partial charge in [-0.1, -0.05) is 6.42 Å². The number of fused-ring (bicyclic) bond motifs is 1. The second kappa shape index (κ2) is 7.38. The fourth-order valence-electron chi connectivity index (χ4n) is 5.28. The van der Waals surface area contributed by atoms with Crippen molar-refractivity contribution in [3.8, 4) is 0 Å². The lowest BCUT2D eigenvalue weighted by Crippen LogP contribution is -2.41. The number of hydrogen-bond donors (Lipinski definition) is 0. The lowest BCUT2D eigenvalue weighted by atomic mass is 9.83. The molecule has 0 radical (unpaired) electrons. The molecular formula is C21H31N5O. The summed E-state index contributed by atoms with van der Waals surface area (Å²) in [6.07, 6.45) is 8.68. The van der Waals surface area contributed by atoms with Gasteiger partial charge in [0.05, 0.1) is 0 Å². The van der Waals surface area contributed by atoms with Crippen LogP contribution in [-0.4, -0.2) is 71.5 Å². The Hall–Kier alpha value is -1.69. The zero-order valence-electron chi connectivity index (χ0n) is 16.2. The number of carbonyl (C=O) groups is 1. The van der Waals surface area contributed by atoms with Crippen molar-refractivity contribution in [2.75, 3.05) is 50.7 Å². The lowest BCUT2D eigenvalue weighted by Gasteiger charge is -2.29. The van der Waals surface area contributed by atoms with Gasteiger partial charge in [0.15, 0.2) is 0 Å². The predicted molar refractivity (Wildman–Crippen MR) is 105 cm³/mol. The van der Waals surface area contributed by atoms with Crippen LogP contribution in [-0.2, 0) is 4.79 Å². The highest BCUT2D eigenvalue weighted by Gasteiger charge is 2.40. The van der Waals surface area contributed by atoms with Crippen molar-refractivity contribution in [3.63, 3.8) is 0 Å². The minimum absolute atomic E-state index is 0.359. The standard InChI is InChI=1S/C21H31N5O/c27-21-6-1-2-7-25(21)9-8-24-11-17-13-26(14-18(17)12-24)20-10-19(22-15-23-20)16-4-3-5-16/h10,15-18H,1-9,11-14H2. The Morgan fingerprint density at radius 2 is 1.78 bits per heavy atom. The van der Waals surface area contributed by atoms with Gasteiger partial charge in [-0.15, -0.1) is 0 Å². The number of anilines is 1. The number of rotatable bonds is 5. The first-order valence-corrected chi connectivity index (χ1v) is 10.8. The van der Waals surface area contributed by atoms with E-state index in [1.54, 1.807) is 6.33 Å². The summed E-state index contributed by atoms with van der Waals surface area (Å²) < 4.78 is 0. The first kappa shape index (κ1) is 17.4. The van der Waals surface area contributed by atoms with Crippen molar-refractivity contribution in [2.45, 2.75) is 44.4 Å². The van der Waals surface area contributed by atoms with Gasteiger partial charge in [-0.2, -0.15) is 0 Å². The van der Waals surface area contributed by atoms with Crippen LogP contribution in [0.4, 0.5) is 5.82 Å². The topological polar surface area (TPSA) is 52.6 Å². The van der Waals surface area contributed by atoms with Gasteiger partial charge < -0.3 is 14.7 Å². The number of likely N-dealkylation sites (tertiary alicyclic amines) is 2. The predicted octanol–water partition coefficient (Wildman–Crippen LogP) is 2.12. The smallest absolute Gasteiger partial charge is 0.222 e. The van der Waals surface area contributed by atoms with E-state index in [0.717, 1.165) is 63.2 Å². The molecule has 1 aromatic heterocycles. The molecule has 2 atom stereocenters. The maximum Gasteiger partial charge on any atom is 0.222 e. The molecule has 6 heteroatoms. The SMILES string of the molecule is O=C1CCCCN1CCN1CC2CN(c3cc(C4CCC4)ncn3)CC2C1. The van der Waals surface area contributed by atoms with Crippen molar-refractivity contribution in [1.29, 1.82) is 0 Å². The lowest BCUT2D eigenvalue weighted by molar-refractivity contribution is -0.133. The van der Waals surface area contributed by atoms with Crippen molar-refractivity contribution >= 4 is 11.7 Å². The van der Waals surface area contributed by atoms with Crippen LogP contribution in [0, 0.1) is 11.8 Å². The number of carbonyl (C=O) groups excluding carboxylic acids is 1. The van der Waals surface area contributed by atoms with Crippen LogP contribution < -0.4 is 4.90 Å². The molecule has 5 rings (SSSR count). The normalized spacial score (nSPS) is 29.3. The Morgan fingerprint density at radius 3 is 2.48 bits per heavy atom. The first-order valence-electron chi connectivity index (χ1n) is 10.8. The summed E-state index contributed by atoms with van der Waals surface area (Å²) in [7, 11) is 0. The van der Waals surface area contributed by atoms with Gasteiger partial charge in [0.1, 0.15) is 12.1 Å². The van der Waals surface area contributed by atoms with Crippen LogP contribution in [0.5, 0.6) is 0 Å². The zero-order valence-corrected chi connectivity index (χ0v) is 16.2. The van der Waals surface area contributed by atoms with E-state index in [0.29, 0.717) is 11.8 Å². The molecule has 2 unspecified atom stereocenters. The Bertz CT molecular complexity index is 677. The van der Waals surface area contributed by atoms with Crippen molar-refractivity contribution in [3.05, 3.63) is 18.1 Å². The molecule has 6 nitrogen and oxygen atoms in total. The van der Waals surface area contributed by atoms with E-state index >= 15 is 0 Å². The molecule has 27 heavy (non-hydrogen) atoms. The van der Waals surface area contributed by atoms with Crippen molar-refractivity contribution in [1.82, 2.24) is 19.8 Å². The molecule has 0 spiro atoms. The molecule has 3 saturated heterocycles. The molecule has 4 fully saturated rings. The molecule has 1 aromatic rings. The number of hydrogen-bond acceptors (Lipinski definition) is 5. The molecule has 4 heterocycles. The molecule has 1 aliphatic carbocycles. The van der Waals surface area contributed by atoms with E-state index in [9.17, 15) is 4.79 Å². The van der Waals surface area contributed by atoms with Crippen LogP contribution in [0.2, 0.25) is 0 Å². The van der Waals surface area contributed by atoms with Crippen LogP contribution in [0.1, 0.15) is 50.1 Å². The fraction of sp³-hybridized carbons (Fsp3) is 0.762. The third kappa shape index (κ3) is 3.56. The third-order valence-electron chi connectivity index (χ3n) is 7.19. The van der Waals surface area contributed by atoms with Gasteiger partial charge in [-0.05, 0) is 37.5 Å². The Balaban J connectivity index is 1.14. The second-order valence-electron chi connectivity index (χ2n) is 8.95. The molecule has 3 aliphatic heterocycles. The summed E-state index contributed by atoms with van der Waals surface area (Å²) in [5.74, 6) is 3.64. The molecule has 4 aliphatic rings. The van der Waals surface area contributed by atoms with Crippen LogP contribution in [0.15, 0.2) is 12.4 Å². The van der Waals surface area contributed by atoms with Crippen LogP contribution >= 0.6 is 0 Å². The van der Waals surface area contributed by atoms with E-state index < -0.39 is 0 Å². The average Bonchev–Trinajstić information content (AvgIpc) is 3.18. The summed E-state index contributed by atoms with van der Waals surface area (Å²) >= 11 is 0. The highest BCUT2D eigenvalue weighted by atomic mass is 16.2. The maximum absolute atomic E-state index is 12.0. The highest BCUT2D eigenvalue weighted by Crippen LogP contribution is 2.37. The van der Waals surface area contributed by atoms with Gasteiger partial charge >= 0.3 is 0 Å². The van der Waals surface area contributed by atoms with E-state index in [1.165, 1.54) is 44.5 Å². The van der Waals surface area contributed by atoms with Crippen molar-refractivity contribution < 1.29 is 4.79 Å². The number of nitrogens with zero attached hydrogens (tertiary/aromatic N) is 5. The van der Waals surface area contributed by atoms with Gasteiger partial charge in [0.25, 0.3) is 0 Å². The Morgan fingerprint density at radius 1 is 0.963 bits per heavy atom. The summed E-state index contributed by atoms with van der Waals surface area (Å²) in [6, 6.07) is 2.24. The average molecular weight is 370 g/mol. The molecule has 1 saturated carbocycles. The Labute approximate surface area is 161 Å². The molecular weight excluding hydrogens is 338 g/mol. The Kier molecular flexibility index (Phi) is 4.76. The summed E-state index contributed by atoms with van der Waals surface area (Å²) in [6.45, 7) is 7.49. The van der Waals surface area contributed by atoms with Gasteiger partial charge in [-0.3, -0.25) is 4.79 Å². The van der Waals surface area contributed by atoms with E-state index in [1.807, 2.05) is 0 Å². The van der Waals surface area contributed by atoms with Crippen LogP contribution in [0.25, 0.3) is 0 Å². The van der Waals surface area contributed by atoms with Gasteiger partial charge in [-0.25, -0.2) is 9.97 Å². The zero-order chi connectivity index (χ0) is 18.2. The quantitative estimate of drug-likeness (QED) is 0.796. The summed E-state index contributed by atoms with van der Waals surface area (Å²) in [5, 5.41) is 0. The van der Waals surface area contributed by atoms with E-state index in [2.05, 4.69) is 30.7 Å². The summed E-state index contributed by atoms with van der Waals surface area (Å²) in [4.78, 5) is 28.2. The van der Waals surface area contributed by atoms with E-state index in [-0.39, 0.29) is 0 Å². The molecule has 146 valence electrons. The highest BCUT2D eigenvalue weighted by molar-refractivity contribution is 5.76. The molecule has 0 bridgehead atoms. The third-order valence-corrected chi connectivity index (χ3v) is 7.19. The molecule has 0 aromatic carbocycles. The first-order chi connectivity index (χ1) is 13.3. The monoisotopic (exact) mass is 369 g/mol. The second-order valence-corrected chi connectivity index (χ2v) is 8.95. The van der Waals surface area contributed by atoms with Gasteiger partial charge in [0, 0.05) is 69.9 Å². The van der Waals surface area contributed by atoms with Gasteiger partial charge in [0.2, 0.25) is 5.91 Å². The largest absolute Gasteiger partial charge is 0.356 e. The number of piperidine rings is 1. The minimum atomic E-state index is 0.359. The fourth-order valence-corrected chi connectivity index (χ4v) is 5.28. The molecule has 0 N–H and O–H groups in total. The summed E-state index contributed by atoms with van der Waals surface area (Å²) in [5.41, 5.74) is 1.25.